The zero-order valence-corrected chi connectivity index (χ0v) is 19.4. The third-order valence-electron chi connectivity index (χ3n) is 3.06. The number of sulfonamides is 2. The lowest BCUT2D eigenvalue weighted by molar-refractivity contribution is -0.870. The normalized spacial score (nSPS) is 14.2. The molecule has 0 aromatic carbocycles. The molecule has 0 bridgehead atoms. The Kier molecular flexibility index (Phi) is 11.1. The summed E-state index contributed by atoms with van der Waals surface area (Å²) in [5.41, 5.74) is 0.463. The molecule has 0 unspecified atom stereocenters. The molecular weight excluding hydrogens is 546 g/mol. The Bertz CT molecular complexity index is 881. The van der Waals surface area contributed by atoms with Crippen LogP contribution in [0.1, 0.15) is 13.3 Å². The summed E-state index contributed by atoms with van der Waals surface area (Å²) < 4.78 is 167. The zero-order chi connectivity index (χ0) is 28.2. The second kappa shape index (κ2) is 10.9. The van der Waals surface area contributed by atoms with Gasteiger partial charge in [-0.05, 0) is 6.92 Å². The maximum atomic E-state index is 12.3. The smallest absolute Gasteiger partial charge is 0.462 e. The molecule has 0 aliphatic rings. The van der Waals surface area contributed by atoms with E-state index < -0.39 is 42.9 Å². The van der Waals surface area contributed by atoms with Gasteiger partial charge in [-0.3, -0.25) is 0 Å². The van der Waals surface area contributed by atoms with Crippen molar-refractivity contribution in [3.05, 3.63) is 16.3 Å². The molecule has 0 spiro atoms. The summed E-state index contributed by atoms with van der Waals surface area (Å²) in [7, 11) is -8.90. The molecule has 0 heterocycles. The minimum Gasteiger partial charge on any atom is -0.462 e. The van der Waals surface area contributed by atoms with Crippen LogP contribution in [0.2, 0.25) is 0 Å². The lowest BCUT2D eigenvalue weighted by Gasteiger charge is -2.31. The van der Waals surface area contributed by atoms with E-state index in [1.165, 1.54) is 0 Å². The topological polar surface area (TPSA) is 109 Å². The fourth-order valence-corrected chi connectivity index (χ4v) is 3.71. The third kappa shape index (κ3) is 9.53. The molecule has 8 nitrogen and oxygen atoms in total. The van der Waals surface area contributed by atoms with Crippen LogP contribution in [0.5, 0.6) is 0 Å². The number of hydrogen-bond donors (Lipinski definition) is 0. The molecular formula is C14H20F10N2O6S2. The van der Waals surface area contributed by atoms with Crippen molar-refractivity contribution in [2.24, 2.45) is 0 Å². The number of hydrogen-bond acceptors (Lipinski definition) is 6. The van der Waals surface area contributed by atoms with Crippen LogP contribution >= 0.6 is 0 Å². The predicted molar refractivity (Wildman–Crippen MR) is 96.5 cm³/mol. The van der Waals surface area contributed by atoms with Gasteiger partial charge in [0.05, 0.1) is 34.3 Å². The van der Waals surface area contributed by atoms with E-state index in [4.69, 9.17) is 4.74 Å². The molecule has 0 atom stereocenters. The molecule has 0 radical (unpaired) electrons. The van der Waals surface area contributed by atoms with E-state index in [1.807, 2.05) is 0 Å². The number of halogens is 10. The van der Waals surface area contributed by atoms with Crippen molar-refractivity contribution in [3.8, 4) is 0 Å². The Morgan fingerprint density at radius 1 is 0.824 bits per heavy atom. The van der Waals surface area contributed by atoms with Crippen molar-refractivity contribution in [2.45, 2.75) is 36.2 Å². The summed E-state index contributed by atoms with van der Waals surface area (Å²) in [5, 5.41) is -14.0. The summed E-state index contributed by atoms with van der Waals surface area (Å²) in [6.45, 7) is 6.65. The van der Waals surface area contributed by atoms with Crippen molar-refractivity contribution in [1.29, 1.82) is 0 Å². The van der Waals surface area contributed by atoms with E-state index in [9.17, 15) is 65.5 Å². The highest BCUT2D eigenvalue weighted by Gasteiger charge is 2.68. The Balaban J connectivity index is 0. The van der Waals surface area contributed by atoms with Gasteiger partial charge in [-0.2, -0.15) is 43.9 Å². The minimum atomic E-state index is -7.62. The second-order valence-electron chi connectivity index (χ2n) is 7.34. The second-order valence-corrected chi connectivity index (χ2v) is 10.9. The number of alkyl halides is 10. The van der Waals surface area contributed by atoms with Gasteiger partial charge in [0.25, 0.3) is 0 Å². The number of rotatable bonds is 9. The lowest BCUT2D eigenvalue weighted by Crippen LogP contribution is -2.48. The molecule has 0 aliphatic carbocycles. The van der Waals surface area contributed by atoms with E-state index >= 15 is 0 Å². The maximum absolute atomic E-state index is 12.3. The highest BCUT2D eigenvalue weighted by Crippen LogP contribution is 2.47. The van der Waals surface area contributed by atoms with E-state index in [0.717, 1.165) is 17.4 Å². The summed E-state index contributed by atoms with van der Waals surface area (Å²) in [6.07, 6.45) is -13.1. The highest BCUT2D eigenvalue weighted by atomic mass is 32.3. The highest BCUT2D eigenvalue weighted by molar-refractivity contribution is 8.13. The number of carbonyl (C=O) groups excluding carboxylic acids is 1. The quantitative estimate of drug-likeness (QED) is 0.139. The largest absolute Gasteiger partial charge is 0.467 e. The molecule has 34 heavy (non-hydrogen) atoms. The van der Waals surface area contributed by atoms with E-state index in [2.05, 4.69) is 27.7 Å². The molecule has 20 heteroatoms. The SMILES string of the molecule is C=C(C)C(=O)OCCC[N+](C)(C)C.O=S(=O)([N-]S(=O)(=O)C(F)(F)C(F)(F)F)C(F)(F)C(F)(F)F. The van der Waals surface area contributed by atoms with Gasteiger partial charge in [-0.1, -0.05) is 6.58 Å². The molecule has 0 fully saturated rings. The number of quaternary nitrogens is 1. The van der Waals surface area contributed by atoms with Gasteiger partial charge in [0, 0.05) is 12.0 Å². The van der Waals surface area contributed by atoms with Gasteiger partial charge in [-0.15, -0.1) is 0 Å². The number of ether oxygens (including phenoxy) is 1. The van der Waals surface area contributed by atoms with Crippen LogP contribution in [0.4, 0.5) is 43.9 Å². The van der Waals surface area contributed by atoms with Crippen LogP contribution in [0.25, 0.3) is 4.13 Å². The molecule has 0 saturated heterocycles. The van der Waals surface area contributed by atoms with Gasteiger partial charge in [-0.25, -0.2) is 21.6 Å². The minimum absolute atomic E-state index is 0.290. The van der Waals surface area contributed by atoms with Crippen LogP contribution in [0.3, 0.4) is 0 Å². The first-order valence-corrected chi connectivity index (χ1v) is 11.2. The Labute approximate surface area is 188 Å². The molecule has 0 aromatic heterocycles. The molecule has 0 aliphatic heterocycles. The number of esters is 1. The molecule has 204 valence electrons. The van der Waals surface area contributed by atoms with Crippen LogP contribution in [0.15, 0.2) is 12.2 Å². The van der Waals surface area contributed by atoms with Gasteiger partial charge in [0.15, 0.2) is 20.0 Å². The molecule has 0 amide bonds. The molecule has 0 saturated carbocycles. The average Bonchev–Trinajstić information content (AvgIpc) is 2.54. The molecule has 0 N–H and O–H groups in total. The summed E-state index contributed by atoms with van der Waals surface area (Å²) in [4.78, 5) is 10.9. The third-order valence-corrected chi connectivity index (χ3v) is 6.39. The van der Waals surface area contributed by atoms with Gasteiger partial charge in [0.2, 0.25) is 0 Å². The molecule has 0 rings (SSSR count). The molecule has 0 aromatic rings. The van der Waals surface area contributed by atoms with Crippen molar-refractivity contribution >= 4 is 26.0 Å². The van der Waals surface area contributed by atoms with Crippen molar-refractivity contribution in [1.82, 2.24) is 0 Å². The fraction of sp³-hybridized carbons (Fsp3) is 0.786. The Hall–Kier alpha value is -1.67. The number of nitrogens with zero attached hydrogens (tertiary/aromatic N) is 2. The first-order chi connectivity index (χ1) is 14.5. The van der Waals surface area contributed by atoms with E-state index in [1.54, 1.807) is 6.92 Å². The standard InChI is InChI=1S/C10H20NO2.C4F10NO4S2/c1-9(2)10(12)13-8-6-7-11(3,4)5;5-1(6,7)3(11,12)20(16,17)15-21(18,19)4(13,14)2(8,9)10/h1,6-8H2,2-5H3;/q+1;-1. The van der Waals surface area contributed by atoms with Gasteiger partial charge < -0.3 is 13.3 Å². The zero-order valence-electron chi connectivity index (χ0n) is 17.8. The fourth-order valence-electron chi connectivity index (χ4n) is 1.34. The Morgan fingerprint density at radius 2 is 1.15 bits per heavy atom. The van der Waals surface area contributed by atoms with Crippen LogP contribution in [0, 0.1) is 0 Å². The Morgan fingerprint density at radius 3 is 1.38 bits per heavy atom. The predicted octanol–water partition coefficient (Wildman–Crippen LogP) is 3.53. The van der Waals surface area contributed by atoms with E-state index in [0.29, 0.717) is 16.3 Å². The lowest BCUT2D eigenvalue weighted by atomic mass is 10.3. The average molecular weight is 566 g/mol. The summed E-state index contributed by atoms with van der Waals surface area (Å²) >= 11 is 0. The maximum Gasteiger partial charge on any atom is 0.467 e. The first kappa shape index (κ1) is 34.5. The van der Waals surface area contributed by atoms with Gasteiger partial charge in [0.1, 0.15) is 0 Å². The van der Waals surface area contributed by atoms with Crippen molar-refractivity contribution < 1.29 is 74.8 Å². The summed E-state index contributed by atoms with van der Waals surface area (Å²) in [5.74, 6) is -0.290. The van der Waals surface area contributed by atoms with Crippen LogP contribution < -0.4 is 0 Å². The van der Waals surface area contributed by atoms with Crippen LogP contribution in [-0.2, 0) is 29.6 Å². The van der Waals surface area contributed by atoms with Crippen molar-refractivity contribution in [3.63, 3.8) is 0 Å². The van der Waals surface area contributed by atoms with Gasteiger partial charge >= 0.3 is 28.8 Å². The summed E-state index contributed by atoms with van der Waals surface area (Å²) in [6, 6.07) is 0. The van der Waals surface area contributed by atoms with Crippen LogP contribution in [-0.4, -0.2) is 84.4 Å². The monoisotopic (exact) mass is 566 g/mol. The van der Waals surface area contributed by atoms with Crippen molar-refractivity contribution in [2.75, 3.05) is 34.3 Å². The first-order valence-electron chi connectivity index (χ1n) is 8.29. The van der Waals surface area contributed by atoms with E-state index in [-0.39, 0.29) is 5.97 Å². The number of carbonyl (C=O) groups is 1.